The fourth-order valence-corrected chi connectivity index (χ4v) is 1.78. The van der Waals surface area contributed by atoms with E-state index in [9.17, 15) is 4.79 Å². The van der Waals surface area contributed by atoms with Gasteiger partial charge < -0.3 is 19.5 Å². The van der Waals surface area contributed by atoms with E-state index >= 15 is 0 Å². The maximum absolute atomic E-state index is 11.7. The largest absolute Gasteiger partial charge is 0.457 e. The predicted molar refractivity (Wildman–Crippen MR) is 52.5 cm³/mol. The van der Waals surface area contributed by atoms with Crippen molar-refractivity contribution in [1.82, 2.24) is 5.32 Å². The van der Waals surface area contributed by atoms with E-state index in [0.717, 1.165) is 6.54 Å². The molecule has 0 spiro atoms. The number of hydrogen-bond donors (Lipinski definition) is 1. The number of nitrogens with one attached hydrogen (secondary N) is 1. The lowest BCUT2D eigenvalue weighted by molar-refractivity contribution is -0.177. The minimum absolute atomic E-state index is 0.0413. The van der Waals surface area contributed by atoms with Gasteiger partial charge in [0.1, 0.15) is 6.10 Å². The van der Waals surface area contributed by atoms with Crippen molar-refractivity contribution in [2.24, 2.45) is 5.92 Å². The van der Waals surface area contributed by atoms with E-state index in [1.54, 1.807) is 0 Å². The molecule has 2 fully saturated rings. The summed E-state index contributed by atoms with van der Waals surface area (Å²) >= 11 is 0. The number of hydrogen-bond acceptors (Lipinski definition) is 5. The lowest BCUT2D eigenvalue weighted by Gasteiger charge is -2.27. The summed E-state index contributed by atoms with van der Waals surface area (Å²) in [5.74, 6) is -0.322. The van der Waals surface area contributed by atoms with Crippen molar-refractivity contribution in [2.45, 2.75) is 19.1 Å². The summed E-state index contributed by atoms with van der Waals surface area (Å²) in [6.07, 6.45) is -0.0413. The van der Waals surface area contributed by atoms with Crippen LogP contribution in [-0.2, 0) is 19.0 Å². The summed E-state index contributed by atoms with van der Waals surface area (Å²) in [7, 11) is 0. The van der Waals surface area contributed by atoms with Gasteiger partial charge in [0.05, 0.1) is 32.3 Å². The van der Waals surface area contributed by atoms with Gasteiger partial charge in [-0.15, -0.1) is 0 Å². The van der Waals surface area contributed by atoms with E-state index in [4.69, 9.17) is 14.2 Å². The third kappa shape index (κ3) is 2.48. The monoisotopic (exact) mass is 215 g/mol. The van der Waals surface area contributed by atoms with Gasteiger partial charge in [0.15, 0.2) is 0 Å². The van der Waals surface area contributed by atoms with E-state index in [1.165, 1.54) is 0 Å². The van der Waals surface area contributed by atoms with Crippen LogP contribution in [0.3, 0.4) is 0 Å². The summed E-state index contributed by atoms with van der Waals surface area (Å²) in [6, 6.07) is 0.100. The van der Waals surface area contributed by atoms with Gasteiger partial charge in [-0.2, -0.15) is 0 Å². The number of esters is 1. The Morgan fingerprint density at radius 2 is 2.07 bits per heavy atom. The van der Waals surface area contributed by atoms with E-state index < -0.39 is 0 Å². The average Bonchev–Trinajstić information content (AvgIpc) is 2.60. The molecule has 2 aliphatic heterocycles. The van der Waals surface area contributed by atoms with Crippen LogP contribution in [0.2, 0.25) is 0 Å². The third-order valence-electron chi connectivity index (χ3n) is 2.74. The normalized spacial score (nSPS) is 31.3. The Morgan fingerprint density at radius 3 is 2.67 bits per heavy atom. The zero-order chi connectivity index (χ0) is 10.7. The maximum atomic E-state index is 11.7. The van der Waals surface area contributed by atoms with Gasteiger partial charge in [-0.25, -0.2) is 0 Å². The molecular formula is C10H17NO4. The molecular weight excluding hydrogens is 198 g/mol. The number of ether oxygens (including phenoxy) is 3. The van der Waals surface area contributed by atoms with Gasteiger partial charge in [0.25, 0.3) is 0 Å². The molecule has 2 atom stereocenters. The third-order valence-corrected chi connectivity index (χ3v) is 2.74. The van der Waals surface area contributed by atoms with E-state index in [2.05, 4.69) is 5.32 Å². The molecule has 0 saturated carbocycles. The highest BCUT2D eigenvalue weighted by Gasteiger charge is 2.36. The van der Waals surface area contributed by atoms with Crippen molar-refractivity contribution in [3.8, 4) is 0 Å². The molecule has 0 aromatic heterocycles. The molecule has 1 N–H and O–H groups in total. The Bertz CT molecular complexity index is 229. The van der Waals surface area contributed by atoms with Crippen LogP contribution in [-0.4, -0.2) is 51.1 Å². The lowest BCUT2D eigenvalue weighted by Crippen LogP contribution is -2.44. The van der Waals surface area contributed by atoms with Crippen molar-refractivity contribution in [3.63, 3.8) is 0 Å². The molecule has 2 unspecified atom stereocenters. The van der Waals surface area contributed by atoms with Gasteiger partial charge in [-0.05, 0) is 6.54 Å². The first kappa shape index (κ1) is 10.9. The SMILES string of the molecule is CCNC1COCC1C(=O)OC1COC1. The molecule has 0 radical (unpaired) electrons. The van der Waals surface area contributed by atoms with Crippen molar-refractivity contribution < 1.29 is 19.0 Å². The fraction of sp³-hybridized carbons (Fsp3) is 0.900. The fourth-order valence-electron chi connectivity index (χ4n) is 1.78. The second-order valence-electron chi connectivity index (χ2n) is 3.90. The number of likely N-dealkylation sites (N-methyl/N-ethyl adjacent to an activating group) is 1. The van der Waals surface area contributed by atoms with Crippen LogP contribution < -0.4 is 5.32 Å². The molecule has 5 nitrogen and oxygen atoms in total. The molecule has 2 heterocycles. The van der Waals surface area contributed by atoms with Crippen LogP contribution in [0.4, 0.5) is 0 Å². The highest BCUT2D eigenvalue weighted by molar-refractivity contribution is 5.74. The van der Waals surface area contributed by atoms with Crippen LogP contribution in [0.15, 0.2) is 0 Å². The second-order valence-corrected chi connectivity index (χ2v) is 3.90. The first-order valence-electron chi connectivity index (χ1n) is 5.40. The highest BCUT2D eigenvalue weighted by atomic mass is 16.6. The predicted octanol–water partition coefficient (Wildman–Crippen LogP) is -0.447. The number of carbonyl (C=O) groups excluding carboxylic acids is 1. The zero-order valence-electron chi connectivity index (χ0n) is 8.90. The average molecular weight is 215 g/mol. The topological polar surface area (TPSA) is 56.8 Å². The van der Waals surface area contributed by atoms with E-state index in [0.29, 0.717) is 26.4 Å². The molecule has 0 bridgehead atoms. The van der Waals surface area contributed by atoms with Gasteiger partial charge in [0.2, 0.25) is 0 Å². The Hall–Kier alpha value is -0.650. The molecule has 2 rings (SSSR count). The van der Waals surface area contributed by atoms with Gasteiger partial charge in [-0.1, -0.05) is 6.92 Å². The molecule has 15 heavy (non-hydrogen) atoms. The van der Waals surface area contributed by atoms with Gasteiger partial charge in [-0.3, -0.25) is 4.79 Å². The van der Waals surface area contributed by atoms with Crippen molar-refractivity contribution in [1.29, 1.82) is 0 Å². The standard InChI is InChI=1S/C10H17NO4/c1-2-11-9-6-14-5-8(9)10(12)15-7-3-13-4-7/h7-9,11H,2-6H2,1H3. The Kier molecular flexibility index (Phi) is 3.56. The van der Waals surface area contributed by atoms with Crippen molar-refractivity contribution in [3.05, 3.63) is 0 Å². The van der Waals surface area contributed by atoms with Crippen LogP contribution in [0, 0.1) is 5.92 Å². The summed E-state index contributed by atoms with van der Waals surface area (Å²) in [4.78, 5) is 11.7. The van der Waals surface area contributed by atoms with Crippen LogP contribution in [0.1, 0.15) is 6.92 Å². The Balaban J connectivity index is 1.81. The van der Waals surface area contributed by atoms with Crippen LogP contribution in [0.5, 0.6) is 0 Å². The Morgan fingerprint density at radius 1 is 1.33 bits per heavy atom. The molecule has 0 amide bonds. The number of rotatable bonds is 4. The maximum Gasteiger partial charge on any atom is 0.313 e. The first-order valence-corrected chi connectivity index (χ1v) is 5.40. The van der Waals surface area contributed by atoms with Gasteiger partial charge in [0, 0.05) is 6.04 Å². The molecule has 2 aliphatic rings. The quantitative estimate of drug-likeness (QED) is 0.644. The summed E-state index contributed by atoms with van der Waals surface area (Å²) < 4.78 is 15.5. The minimum atomic E-state index is -0.162. The summed E-state index contributed by atoms with van der Waals surface area (Å²) in [5.41, 5.74) is 0. The smallest absolute Gasteiger partial charge is 0.313 e. The molecule has 0 aliphatic carbocycles. The van der Waals surface area contributed by atoms with Crippen LogP contribution >= 0.6 is 0 Å². The Labute approximate surface area is 89.1 Å². The summed E-state index contributed by atoms with van der Waals surface area (Å²) in [5, 5.41) is 3.23. The van der Waals surface area contributed by atoms with E-state index in [-0.39, 0.29) is 24.0 Å². The van der Waals surface area contributed by atoms with Crippen LogP contribution in [0.25, 0.3) is 0 Å². The van der Waals surface area contributed by atoms with Crippen molar-refractivity contribution >= 4 is 5.97 Å². The lowest BCUT2D eigenvalue weighted by atomic mass is 10.0. The van der Waals surface area contributed by atoms with Crippen molar-refractivity contribution in [2.75, 3.05) is 33.0 Å². The number of carbonyl (C=O) groups is 1. The molecule has 0 aromatic carbocycles. The highest BCUT2D eigenvalue weighted by Crippen LogP contribution is 2.17. The molecule has 5 heteroatoms. The first-order chi connectivity index (χ1) is 7.31. The summed E-state index contributed by atoms with van der Waals surface area (Å²) in [6.45, 7) is 4.97. The molecule has 0 aromatic rings. The molecule has 86 valence electrons. The van der Waals surface area contributed by atoms with E-state index in [1.807, 2.05) is 6.92 Å². The van der Waals surface area contributed by atoms with Gasteiger partial charge >= 0.3 is 5.97 Å². The zero-order valence-corrected chi connectivity index (χ0v) is 8.90. The molecule has 2 saturated heterocycles. The second kappa shape index (κ2) is 4.92. The minimum Gasteiger partial charge on any atom is -0.457 e.